The summed E-state index contributed by atoms with van der Waals surface area (Å²) in [7, 11) is 0. The SMILES string of the molecule is CCCCC[C@@H](O)/C=C/[C@@H]1[C@H](C/C=C\CC(=O)O[C@@H](CO)COC(=O)CCCCCCCCCC(C)C)[C@@H](O)C[C@H]1O. The molecule has 1 aliphatic carbocycles. The number of unbranched alkanes of at least 4 members (excludes halogenated alkanes) is 8. The van der Waals surface area contributed by atoms with E-state index in [1.165, 1.54) is 32.1 Å². The number of hydrogen-bond acceptors (Lipinski definition) is 8. The molecule has 0 unspecified atom stereocenters. The summed E-state index contributed by atoms with van der Waals surface area (Å²) < 4.78 is 10.4. The number of carbonyl (C=O) groups excluding carboxylic acids is 2. The van der Waals surface area contributed by atoms with Crippen molar-refractivity contribution in [2.75, 3.05) is 13.2 Å². The van der Waals surface area contributed by atoms with Gasteiger partial charge in [0.1, 0.15) is 6.61 Å². The summed E-state index contributed by atoms with van der Waals surface area (Å²) in [4.78, 5) is 24.3. The molecule has 0 aliphatic heterocycles. The van der Waals surface area contributed by atoms with E-state index in [1.807, 2.05) is 6.08 Å². The Morgan fingerprint density at radius 2 is 1.55 bits per heavy atom. The second kappa shape index (κ2) is 23.7. The van der Waals surface area contributed by atoms with Gasteiger partial charge < -0.3 is 29.9 Å². The smallest absolute Gasteiger partial charge is 0.310 e. The van der Waals surface area contributed by atoms with Gasteiger partial charge in [-0.25, -0.2) is 0 Å². The van der Waals surface area contributed by atoms with Crippen LogP contribution < -0.4 is 0 Å². The van der Waals surface area contributed by atoms with E-state index in [-0.39, 0.29) is 37.3 Å². The van der Waals surface area contributed by atoms with Crippen LogP contribution in [0.3, 0.4) is 0 Å². The molecule has 0 aromatic rings. The van der Waals surface area contributed by atoms with Crippen LogP contribution >= 0.6 is 0 Å². The van der Waals surface area contributed by atoms with Gasteiger partial charge in [0.05, 0.1) is 31.3 Å². The first-order chi connectivity index (χ1) is 20.2. The van der Waals surface area contributed by atoms with E-state index in [2.05, 4.69) is 20.8 Å². The molecule has 0 saturated heterocycles. The first kappa shape index (κ1) is 38.3. The van der Waals surface area contributed by atoms with Crippen molar-refractivity contribution in [3.63, 3.8) is 0 Å². The first-order valence-corrected chi connectivity index (χ1v) is 16.5. The zero-order valence-electron chi connectivity index (χ0n) is 26.5. The lowest BCUT2D eigenvalue weighted by molar-refractivity contribution is -0.160. The number of rotatable bonds is 24. The maximum Gasteiger partial charge on any atom is 0.310 e. The van der Waals surface area contributed by atoms with Crippen molar-refractivity contribution in [3.05, 3.63) is 24.3 Å². The van der Waals surface area contributed by atoms with Crippen LogP contribution in [-0.2, 0) is 19.1 Å². The molecule has 0 heterocycles. The number of aliphatic hydroxyl groups excluding tert-OH is 4. The summed E-state index contributed by atoms with van der Waals surface area (Å²) in [6.45, 7) is 6.00. The Labute approximate surface area is 254 Å². The van der Waals surface area contributed by atoms with E-state index in [0.29, 0.717) is 19.3 Å². The second-order valence-electron chi connectivity index (χ2n) is 12.4. The predicted octanol–water partition coefficient (Wildman–Crippen LogP) is 5.79. The van der Waals surface area contributed by atoms with Crippen LogP contribution in [0, 0.1) is 17.8 Å². The number of aliphatic hydroxyl groups is 4. The highest BCUT2D eigenvalue weighted by atomic mass is 16.6. The summed E-state index contributed by atoms with van der Waals surface area (Å²) in [5, 5.41) is 40.5. The van der Waals surface area contributed by atoms with Gasteiger partial charge in [0.2, 0.25) is 0 Å². The van der Waals surface area contributed by atoms with Crippen LogP contribution in [0.4, 0.5) is 0 Å². The molecule has 0 radical (unpaired) electrons. The van der Waals surface area contributed by atoms with Gasteiger partial charge in [-0.3, -0.25) is 9.59 Å². The van der Waals surface area contributed by atoms with Crippen LogP contribution in [0.25, 0.3) is 0 Å². The van der Waals surface area contributed by atoms with Crippen molar-refractivity contribution in [1.82, 2.24) is 0 Å². The monoisotopic (exact) mass is 596 g/mol. The van der Waals surface area contributed by atoms with E-state index < -0.39 is 37.0 Å². The number of allylic oxidation sites excluding steroid dienone is 1. The highest BCUT2D eigenvalue weighted by molar-refractivity contribution is 5.71. The topological polar surface area (TPSA) is 134 Å². The third-order valence-corrected chi connectivity index (χ3v) is 8.03. The molecule has 8 nitrogen and oxygen atoms in total. The Kier molecular flexibility index (Phi) is 21.6. The normalized spacial score (nSPS) is 22.3. The molecule has 1 aliphatic rings. The predicted molar refractivity (Wildman–Crippen MR) is 166 cm³/mol. The Bertz CT molecular complexity index is 765. The molecule has 6 atom stereocenters. The highest BCUT2D eigenvalue weighted by Crippen LogP contribution is 2.36. The maximum absolute atomic E-state index is 12.2. The average molecular weight is 597 g/mol. The summed E-state index contributed by atoms with van der Waals surface area (Å²) >= 11 is 0. The van der Waals surface area contributed by atoms with Gasteiger partial charge in [-0.2, -0.15) is 0 Å². The van der Waals surface area contributed by atoms with E-state index in [4.69, 9.17) is 9.47 Å². The Balaban J connectivity index is 2.28. The van der Waals surface area contributed by atoms with Crippen molar-refractivity contribution in [3.8, 4) is 0 Å². The average Bonchev–Trinajstić information content (AvgIpc) is 3.22. The lowest BCUT2D eigenvalue weighted by atomic mass is 9.89. The van der Waals surface area contributed by atoms with Crippen molar-refractivity contribution in [2.45, 2.75) is 148 Å². The molecule has 0 spiro atoms. The van der Waals surface area contributed by atoms with Gasteiger partial charge in [0, 0.05) is 18.8 Å². The minimum Gasteiger partial charge on any atom is -0.462 e. The minimum absolute atomic E-state index is 0.0239. The van der Waals surface area contributed by atoms with Gasteiger partial charge in [-0.05, 0) is 31.1 Å². The zero-order chi connectivity index (χ0) is 31.2. The van der Waals surface area contributed by atoms with E-state index in [1.54, 1.807) is 18.2 Å². The Morgan fingerprint density at radius 1 is 0.881 bits per heavy atom. The number of ether oxygens (including phenoxy) is 2. The van der Waals surface area contributed by atoms with E-state index in [9.17, 15) is 30.0 Å². The van der Waals surface area contributed by atoms with Crippen LogP contribution in [-0.4, -0.2) is 70.0 Å². The van der Waals surface area contributed by atoms with Crippen LogP contribution in [0.5, 0.6) is 0 Å². The second-order valence-corrected chi connectivity index (χ2v) is 12.4. The molecule has 0 aromatic heterocycles. The third-order valence-electron chi connectivity index (χ3n) is 8.03. The van der Waals surface area contributed by atoms with Gasteiger partial charge in [0.15, 0.2) is 6.10 Å². The number of carbonyl (C=O) groups is 2. The summed E-state index contributed by atoms with van der Waals surface area (Å²) in [6, 6.07) is 0. The third kappa shape index (κ3) is 18.0. The molecule has 1 fully saturated rings. The molecule has 0 aromatic carbocycles. The largest absolute Gasteiger partial charge is 0.462 e. The van der Waals surface area contributed by atoms with Gasteiger partial charge in [-0.1, -0.05) is 109 Å². The summed E-state index contributed by atoms with van der Waals surface area (Å²) in [5.74, 6) is -0.621. The molecule has 1 rings (SSSR count). The molecule has 4 N–H and O–H groups in total. The van der Waals surface area contributed by atoms with Crippen LogP contribution in [0.15, 0.2) is 24.3 Å². The standard InChI is InChI=1S/C34H60O8/c1-4-5-11-17-27(36)21-22-30-29(31(37)23-32(30)38)18-14-15-20-34(40)42-28(24-35)25-41-33(39)19-13-10-8-6-7-9-12-16-26(2)3/h14-15,21-22,26-32,35-38H,4-13,16-20,23-25H2,1-3H3/b15-14-,22-21+/t27-,28+,29+,30-,31+,32-/m1/s1. The van der Waals surface area contributed by atoms with Crippen molar-refractivity contribution in [2.24, 2.45) is 17.8 Å². The lowest BCUT2D eigenvalue weighted by Crippen LogP contribution is -2.28. The van der Waals surface area contributed by atoms with Crippen molar-refractivity contribution >= 4 is 11.9 Å². The number of esters is 2. The molecule has 42 heavy (non-hydrogen) atoms. The van der Waals surface area contributed by atoms with Gasteiger partial charge >= 0.3 is 11.9 Å². The van der Waals surface area contributed by atoms with Crippen molar-refractivity contribution < 1.29 is 39.5 Å². The molecule has 0 amide bonds. The van der Waals surface area contributed by atoms with Gasteiger partial charge in [0.25, 0.3) is 0 Å². The Morgan fingerprint density at radius 3 is 2.21 bits per heavy atom. The minimum atomic E-state index is -0.911. The lowest BCUT2D eigenvalue weighted by Gasteiger charge is -2.19. The zero-order valence-corrected chi connectivity index (χ0v) is 26.5. The number of hydrogen-bond donors (Lipinski definition) is 4. The first-order valence-electron chi connectivity index (χ1n) is 16.5. The highest BCUT2D eigenvalue weighted by Gasteiger charge is 2.39. The molecular formula is C34H60O8. The summed E-state index contributed by atoms with van der Waals surface area (Å²) in [6.07, 6.45) is 18.1. The fourth-order valence-electron chi connectivity index (χ4n) is 5.42. The van der Waals surface area contributed by atoms with E-state index >= 15 is 0 Å². The Hall–Kier alpha value is -1.74. The summed E-state index contributed by atoms with van der Waals surface area (Å²) in [5.41, 5.74) is 0. The van der Waals surface area contributed by atoms with Crippen LogP contribution in [0.2, 0.25) is 0 Å². The molecule has 244 valence electrons. The van der Waals surface area contributed by atoms with Gasteiger partial charge in [-0.15, -0.1) is 0 Å². The fourth-order valence-corrected chi connectivity index (χ4v) is 5.42. The van der Waals surface area contributed by atoms with E-state index in [0.717, 1.165) is 44.4 Å². The quantitative estimate of drug-likeness (QED) is 0.0625. The fraction of sp³-hybridized carbons (Fsp3) is 0.824. The molecule has 8 heteroatoms. The molecule has 1 saturated carbocycles. The molecular weight excluding hydrogens is 536 g/mol. The maximum atomic E-state index is 12.2. The molecule has 0 bridgehead atoms. The van der Waals surface area contributed by atoms with Crippen molar-refractivity contribution in [1.29, 1.82) is 0 Å². The van der Waals surface area contributed by atoms with Crippen LogP contribution in [0.1, 0.15) is 124 Å².